The molecule has 0 aliphatic carbocycles. The average molecular weight is 126 g/mol. The molecule has 0 bridgehead atoms. The zero-order chi connectivity index (χ0) is 6.85. The van der Waals surface area contributed by atoms with Gasteiger partial charge in [0.25, 0.3) is 0 Å². The SMILES string of the molecule is CC(C)[C@@H]1O[C-]=NC1=O. The first kappa shape index (κ1) is 6.26. The Balaban J connectivity index is 2.56. The molecule has 50 valence electrons. The van der Waals surface area contributed by atoms with Crippen molar-refractivity contribution in [3.05, 3.63) is 0 Å². The Bertz CT molecular complexity index is 151. The van der Waals surface area contributed by atoms with Crippen LogP contribution in [0, 0.1) is 5.92 Å². The zero-order valence-electron chi connectivity index (χ0n) is 5.42. The number of carbonyl (C=O) groups is 1. The lowest BCUT2D eigenvalue weighted by Crippen LogP contribution is -2.22. The number of rotatable bonds is 1. The topological polar surface area (TPSA) is 38.7 Å². The molecule has 0 saturated carbocycles. The van der Waals surface area contributed by atoms with Crippen LogP contribution in [0.25, 0.3) is 0 Å². The van der Waals surface area contributed by atoms with Gasteiger partial charge in [0.05, 0.1) is 6.10 Å². The first-order valence-electron chi connectivity index (χ1n) is 2.87. The third kappa shape index (κ3) is 1.09. The quantitative estimate of drug-likeness (QED) is 0.479. The molecule has 9 heavy (non-hydrogen) atoms. The number of hydrogen-bond acceptors (Lipinski definition) is 2. The molecule has 1 amide bonds. The Morgan fingerprint density at radius 2 is 2.44 bits per heavy atom. The molecular formula is C6H8NO2-. The van der Waals surface area contributed by atoms with E-state index in [0.717, 1.165) is 0 Å². The minimum atomic E-state index is -0.384. The summed E-state index contributed by atoms with van der Waals surface area (Å²) in [7, 11) is 0. The molecule has 0 unspecified atom stereocenters. The van der Waals surface area contributed by atoms with Gasteiger partial charge in [-0.1, -0.05) is 13.8 Å². The maximum absolute atomic E-state index is 10.7. The van der Waals surface area contributed by atoms with Crippen molar-refractivity contribution in [3.63, 3.8) is 0 Å². The van der Waals surface area contributed by atoms with E-state index in [2.05, 4.69) is 11.4 Å². The summed E-state index contributed by atoms with van der Waals surface area (Å²) in [5, 5.41) is 0. The summed E-state index contributed by atoms with van der Waals surface area (Å²) >= 11 is 0. The molecule has 1 heterocycles. The Labute approximate surface area is 53.7 Å². The minimum Gasteiger partial charge on any atom is -0.578 e. The Morgan fingerprint density at radius 1 is 1.78 bits per heavy atom. The third-order valence-electron chi connectivity index (χ3n) is 1.18. The summed E-state index contributed by atoms with van der Waals surface area (Å²) < 4.78 is 4.76. The van der Waals surface area contributed by atoms with Crippen LogP contribution in [-0.2, 0) is 9.53 Å². The predicted octanol–water partition coefficient (Wildman–Crippen LogP) is 0.473. The molecule has 0 radical (unpaired) electrons. The second-order valence-electron chi connectivity index (χ2n) is 2.32. The summed E-state index contributed by atoms with van der Waals surface area (Å²) in [4.78, 5) is 14.0. The van der Waals surface area contributed by atoms with E-state index in [0.29, 0.717) is 0 Å². The zero-order valence-corrected chi connectivity index (χ0v) is 5.42. The van der Waals surface area contributed by atoms with Gasteiger partial charge in [-0.05, 0) is 5.92 Å². The second-order valence-corrected chi connectivity index (χ2v) is 2.32. The van der Waals surface area contributed by atoms with Crippen LogP contribution in [0.5, 0.6) is 0 Å². The molecule has 0 saturated heterocycles. The van der Waals surface area contributed by atoms with E-state index in [1.165, 1.54) is 0 Å². The molecule has 0 aromatic heterocycles. The van der Waals surface area contributed by atoms with Gasteiger partial charge in [-0.3, -0.25) is 0 Å². The van der Waals surface area contributed by atoms with Crippen LogP contribution in [0.4, 0.5) is 0 Å². The van der Waals surface area contributed by atoms with Gasteiger partial charge in [0.1, 0.15) is 5.91 Å². The van der Waals surface area contributed by atoms with E-state index in [-0.39, 0.29) is 17.9 Å². The van der Waals surface area contributed by atoms with Crippen molar-refractivity contribution < 1.29 is 9.53 Å². The van der Waals surface area contributed by atoms with Crippen molar-refractivity contribution in [2.75, 3.05) is 0 Å². The number of nitrogens with zero attached hydrogens (tertiary/aromatic N) is 1. The van der Waals surface area contributed by atoms with E-state index in [4.69, 9.17) is 4.74 Å². The van der Waals surface area contributed by atoms with E-state index in [9.17, 15) is 4.79 Å². The van der Waals surface area contributed by atoms with Crippen molar-refractivity contribution >= 4 is 12.3 Å². The molecule has 0 N–H and O–H groups in total. The Hall–Kier alpha value is -0.860. The van der Waals surface area contributed by atoms with Crippen molar-refractivity contribution in [2.45, 2.75) is 20.0 Å². The van der Waals surface area contributed by atoms with Crippen LogP contribution in [0.15, 0.2) is 4.99 Å². The first-order valence-corrected chi connectivity index (χ1v) is 2.87. The maximum atomic E-state index is 10.7. The van der Waals surface area contributed by atoms with Gasteiger partial charge in [0.15, 0.2) is 0 Å². The third-order valence-corrected chi connectivity index (χ3v) is 1.18. The van der Waals surface area contributed by atoms with Crippen molar-refractivity contribution in [1.29, 1.82) is 0 Å². The van der Waals surface area contributed by atoms with Crippen LogP contribution < -0.4 is 0 Å². The van der Waals surface area contributed by atoms with Crippen LogP contribution >= 0.6 is 0 Å². The largest absolute Gasteiger partial charge is 0.578 e. The highest BCUT2D eigenvalue weighted by Crippen LogP contribution is 2.10. The van der Waals surface area contributed by atoms with Crippen molar-refractivity contribution in [1.82, 2.24) is 0 Å². The van der Waals surface area contributed by atoms with E-state index in [1.807, 2.05) is 13.8 Å². The summed E-state index contributed by atoms with van der Waals surface area (Å²) in [6, 6.07) is 0. The van der Waals surface area contributed by atoms with Crippen LogP contribution in [-0.4, -0.2) is 18.4 Å². The van der Waals surface area contributed by atoms with Gasteiger partial charge in [0, 0.05) is 6.40 Å². The molecule has 0 aromatic rings. The number of carbonyl (C=O) groups excluding carboxylic acids is 1. The highest BCUT2D eigenvalue weighted by Gasteiger charge is 2.16. The van der Waals surface area contributed by atoms with Gasteiger partial charge < -0.3 is 14.5 Å². The molecule has 1 atom stereocenters. The fraction of sp³-hybridized carbons (Fsp3) is 0.667. The van der Waals surface area contributed by atoms with E-state index in [1.54, 1.807) is 0 Å². The average Bonchev–Trinajstić information content (AvgIpc) is 2.13. The van der Waals surface area contributed by atoms with Crippen LogP contribution in [0.1, 0.15) is 13.8 Å². The normalized spacial score (nSPS) is 25.2. The van der Waals surface area contributed by atoms with Gasteiger partial charge in [0.2, 0.25) is 0 Å². The van der Waals surface area contributed by atoms with E-state index < -0.39 is 0 Å². The molecule has 0 aromatic carbocycles. The first-order chi connectivity index (χ1) is 4.22. The standard InChI is InChI=1S/C6H8NO2/c1-4(2)5-6(8)7-3-9-5/h4-5H,1-2H3/q-1/t5-/m0/s1. The molecule has 3 heteroatoms. The molecular weight excluding hydrogens is 118 g/mol. The lowest BCUT2D eigenvalue weighted by Gasteiger charge is -2.17. The second kappa shape index (κ2) is 2.17. The molecule has 1 aliphatic heterocycles. The van der Waals surface area contributed by atoms with Gasteiger partial charge in [-0.2, -0.15) is 0 Å². The number of aliphatic imine (C=N–C) groups is 1. The van der Waals surface area contributed by atoms with Crippen LogP contribution in [0.2, 0.25) is 0 Å². The number of hydrogen-bond donors (Lipinski definition) is 0. The maximum Gasteiger partial charge on any atom is 0.128 e. The molecule has 1 aliphatic rings. The molecule has 1 rings (SSSR count). The number of amides is 1. The minimum absolute atomic E-state index is 0.191. The fourth-order valence-electron chi connectivity index (χ4n) is 0.663. The lowest BCUT2D eigenvalue weighted by molar-refractivity contribution is -0.124. The smallest absolute Gasteiger partial charge is 0.128 e. The fourth-order valence-corrected chi connectivity index (χ4v) is 0.663. The van der Waals surface area contributed by atoms with Gasteiger partial charge in [-0.15, -0.1) is 0 Å². The van der Waals surface area contributed by atoms with E-state index >= 15 is 0 Å². The highest BCUT2D eigenvalue weighted by molar-refractivity contribution is 5.91. The summed E-state index contributed by atoms with van der Waals surface area (Å²) in [5.74, 6) is -0.0266. The molecule has 0 fully saturated rings. The molecule has 3 nitrogen and oxygen atoms in total. The summed E-state index contributed by atoms with van der Waals surface area (Å²) in [5.41, 5.74) is 0. The molecule has 0 spiro atoms. The summed E-state index contributed by atoms with van der Waals surface area (Å²) in [6.07, 6.45) is 1.79. The van der Waals surface area contributed by atoms with Crippen molar-refractivity contribution in [2.24, 2.45) is 10.9 Å². The Morgan fingerprint density at radius 3 is 2.67 bits per heavy atom. The summed E-state index contributed by atoms with van der Waals surface area (Å²) in [6.45, 7) is 3.82. The van der Waals surface area contributed by atoms with Crippen LogP contribution in [0.3, 0.4) is 0 Å². The van der Waals surface area contributed by atoms with Gasteiger partial charge in [-0.25, -0.2) is 0 Å². The predicted molar refractivity (Wildman–Crippen MR) is 32.2 cm³/mol. The lowest BCUT2D eigenvalue weighted by atomic mass is 10.1. The highest BCUT2D eigenvalue weighted by atomic mass is 16.5. The Kier molecular flexibility index (Phi) is 1.51. The monoisotopic (exact) mass is 126 g/mol. The van der Waals surface area contributed by atoms with Gasteiger partial charge >= 0.3 is 0 Å². The van der Waals surface area contributed by atoms with Crippen molar-refractivity contribution in [3.8, 4) is 0 Å². The number of ether oxygens (including phenoxy) is 1.